The lowest BCUT2D eigenvalue weighted by Gasteiger charge is -2.63. The van der Waals surface area contributed by atoms with E-state index in [1.807, 2.05) is 0 Å². The van der Waals surface area contributed by atoms with E-state index in [-0.39, 0.29) is 17.3 Å². The van der Waals surface area contributed by atoms with Crippen molar-refractivity contribution in [2.24, 2.45) is 28.5 Å². The first-order valence-electron chi connectivity index (χ1n) is 8.09. The normalized spacial score (nSPS) is 42.2. The van der Waals surface area contributed by atoms with Gasteiger partial charge in [-0.05, 0) is 67.3 Å². The Morgan fingerprint density at radius 1 is 1.33 bits per heavy atom. The molecular weight excluding hydrogens is 265 g/mol. The number of rotatable bonds is 3. The highest BCUT2D eigenvalue weighted by atomic mass is 19.1. The monoisotopic (exact) mass is 289 g/mol. The Labute approximate surface area is 125 Å². The lowest BCUT2D eigenvalue weighted by Crippen LogP contribution is -2.56. The van der Waals surface area contributed by atoms with Crippen molar-refractivity contribution in [3.05, 3.63) is 29.8 Å². The van der Waals surface area contributed by atoms with E-state index in [1.165, 1.54) is 44.7 Å². The van der Waals surface area contributed by atoms with Gasteiger partial charge in [0.25, 0.3) is 0 Å². The van der Waals surface area contributed by atoms with E-state index in [2.05, 4.69) is 17.3 Å². The van der Waals surface area contributed by atoms with Crippen molar-refractivity contribution >= 4 is 0 Å². The van der Waals surface area contributed by atoms with Crippen LogP contribution in [-0.4, -0.2) is 4.98 Å². The molecule has 4 saturated carbocycles. The summed E-state index contributed by atoms with van der Waals surface area (Å²) in [7, 11) is 0. The first-order valence-corrected chi connectivity index (χ1v) is 8.09. The third-order valence-electron chi connectivity index (χ3n) is 6.29. The number of aromatic nitrogens is 1. The van der Waals surface area contributed by atoms with Gasteiger partial charge >= 0.3 is 0 Å². The molecule has 4 aliphatic carbocycles. The van der Waals surface area contributed by atoms with Gasteiger partial charge in [0.05, 0.1) is 12.2 Å². The minimum absolute atomic E-state index is 0.0919. The maximum absolute atomic E-state index is 14.2. The topological polar surface area (TPSA) is 50.9 Å². The van der Waals surface area contributed by atoms with Crippen molar-refractivity contribution in [2.75, 3.05) is 0 Å². The lowest BCUT2D eigenvalue weighted by molar-refractivity contribution is -0.119. The molecule has 5 rings (SSSR count). The van der Waals surface area contributed by atoms with Crippen LogP contribution in [0.25, 0.3) is 0 Å². The predicted molar refractivity (Wildman–Crippen MR) is 79.5 cm³/mol. The summed E-state index contributed by atoms with van der Waals surface area (Å²) in [5.74, 6) is 7.27. The second-order valence-corrected chi connectivity index (χ2v) is 8.13. The summed E-state index contributed by atoms with van der Waals surface area (Å²) >= 11 is 0. The van der Waals surface area contributed by atoms with Crippen LogP contribution >= 0.6 is 0 Å². The van der Waals surface area contributed by atoms with Crippen LogP contribution in [0.2, 0.25) is 0 Å². The molecular formula is C17H24FN3. The van der Waals surface area contributed by atoms with E-state index in [0.717, 1.165) is 11.8 Å². The standard InChI is InChI=1S/C17H24FN3/c1-16-5-11-4-12(6-16)8-17(7-11,10-16)15(21-19)13-2-3-20-9-14(13)18/h2-3,9,11-12,15,21H,4-8,10,19H2,1H3. The van der Waals surface area contributed by atoms with E-state index in [4.69, 9.17) is 5.84 Å². The molecule has 0 spiro atoms. The number of nitrogens with one attached hydrogen (secondary N) is 1. The van der Waals surface area contributed by atoms with Gasteiger partial charge in [0, 0.05) is 11.8 Å². The first kappa shape index (κ1) is 13.6. The molecule has 0 saturated heterocycles. The third-order valence-corrected chi connectivity index (χ3v) is 6.29. The Morgan fingerprint density at radius 3 is 2.62 bits per heavy atom. The molecule has 3 nitrogen and oxygen atoms in total. The van der Waals surface area contributed by atoms with Gasteiger partial charge in [-0.15, -0.1) is 0 Å². The first-order chi connectivity index (χ1) is 10.0. The van der Waals surface area contributed by atoms with Gasteiger partial charge in [-0.25, -0.2) is 4.39 Å². The zero-order valence-electron chi connectivity index (χ0n) is 12.6. The average molecular weight is 289 g/mol. The summed E-state index contributed by atoms with van der Waals surface area (Å²) in [6.45, 7) is 2.43. The van der Waals surface area contributed by atoms with E-state index < -0.39 is 0 Å². The third kappa shape index (κ3) is 2.03. The molecule has 4 aliphatic rings. The predicted octanol–water partition coefficient (Wildman–Crippen LogP) is 3.33. The summed E-state index contributed by atoms with van der Waals surface area (Å²) < 4.78 is 14.2. The molecule has 4 fully saturated rings. The fourth-order valence-electron chi connectivity index (χ4n) is 6.35. The smallest absolute Gasteiger partial charge is 0.146 e. The Bertz CT molecular complexity index is 545. The molecule has 0 aliphatic heterocycles. The molecule has 3 unspecified atom stereocenters. The molecule has 3 atom stereocenters. The summed E-state index contributed by atoms with van der Waals surface area (Å²) in [5, 5.41) is 0. The molecule has 21 heavy (non-hydrogen) atoms. The summed E-state index contributed by atoms with van der Waals surface area (Å²) in [6, 6.07) is 1.70. The second-order valence-electron chi connectivity index (χ2n) is 8.13. The minimum Gasteiger partial charge on any atom is -0.271 e. The highest BCUT2D eigenvalue weighted by Gasteiger charge is 2.58. The Morgan fingerprint density at radius 2 is 2.05 bits per heavy atom. The van der Waals surface area contributed by atoms with Crippen LogP contribution in [0.3, 0.4) is 0 Å². The van der Waals surface area contributed by atoms with E-state index in [0.29, 0.717) is 11.0 Å². The number of pyridine rings is 1. The molecule has 1 aromatic heterocycles. The number of hydrazine groups is 1. The van der Waals surface area contributed by atoms with Crippen LogP contribution in [-0.2, 0) is 0 Å². The maximum atomic E-state index is 14.2. The van der Waals surface area contributed by atoms with Crippen LogP contribution in [0.5, 0.6) is 0 Å². The van der Waals surface area contributed by atoms with Crippen LogP contribution in [0.15, 0.2) is 18.5 Å². The van der Waals surface area contributed by atoms with Gasteiger partial charge < -0.3 is 0 Å². The molecule has 0 radical (unpaired) electrons. The van der Waals surface area contributed by atoms with Crippen molar-refractivity contribution < 1.29 is 4.39 Å². The van der Waals surface area contributed by atoms with Gasteiger partial charge in [-0.2, -0.15) is 0 Å². The number of hydrogen-bond donors (Lipinski definition) is 2. The van der Waals surface area contributed by atoms with Gasteiger partial charge in [-0.3, -0.25) is 16.3 Å². The number of nitrogens with zero attached hydrogens (tertiary/aromatic N) is 1. The fraction of sp³-hybridized carbons (Fsp3) is 0.706. The lowest BCUT2D eigenvalue weighted by atomic mass is 9.43. The zero-order valence-corrected chi connectivity index (χ0v) is 12.6. The average Bonchev–Trinajstić information content (AvgIpc) is 2.38. The van der Waals surface area contributed by atoms with E-state index in [1.54, 1.807) is 12.3 Å². The number of hydrogen-bond acceptors (Lipinski definition) is 3. The van der Waals surface area contributed by atoms with Crippen molar-refractivity contribution in [1.29, 1.82) is 0 Å². The van der Waals surface area contributed by atoms with Gasteiger partial charge in [-0.1, -0.05) is 6.92 Å². The van der Waals surface area contributed by atoms with Gasteiger partial charge in [0.15, 0.2) is 0 Å². The van der Waals surface area contributed by atoms with Crippen LogP contribution < -0.4 is 11.3 Å². The summed E-state index contributed by atoms with van der Waals surface area (Å²) in [4.78, 5) is 3.88. The fourth-order valence-corrected chi connectivity index (χ4v) is 6.35. The van der Waals surface area contributed by atoms with Crippen LogP contribution in [0.1, 0.15) is 57.1 Å². The quantitative estimate of drug-likeness (QED) is 0.663. The van der Waals surface area contributed by atoms with Crippen molar-refractivity contribution in [2.45, 2.75) is 51.5 Å². The molecule has 0 amide bonds. The Balaban J connectivity index is 1.75. The Hall–Kier alpha value is -1.00. The highest BCUT2D eigenvalue weighted by Crippen LogP contribution is 2.68. The number of halogens is 1. The zero-order chi connectivity index (χ0) is 14.7. The van der Waals surface area contributed by atoms with Crippen molar-refractivity contribution in [1.82, 2.24) is 10.4 Å². The maximum Gasteiger partial charge on any atom is 0.146 e. The van der Waals surface area contributed by atoms with Crippen molar-refractivity contribution in [3.63, 3.8) is 0 Å². The summed E-state index contributed by atoms with van der Waals surface area (Å²) in [5.41, 5.74) is 4.21. The van der Waals surface area contributed by atoms with E-state index in [9.17, 15) is 4.39 Å². The SMILES string of the molecule is CC12CC3CC(C1)CC(C(NN)c1ccncc1F)(C3)C2. The number of nitrogens with two attached hydrogens (primary N) is 1. The molecule has 3 N–H and O–H groups in total. The van der Waals surface area contributed by atoms with Gasteiger partial charge in [0.2, 0.25) is 0 Å². The molecule has 1 aromatic rings. The van der Waals surface area contributed by atoms with Crippen molar-refractivity contribution in [3.8, 4) is 0 Å². The minimum atomic E-state index is -0.235. The highest BCUT2D eigenvalue weighted by molar-refractivity contribution is 5.23. The second kappa shape index (κ2) is 4.50. The molecule has 1 heterocycles. The molecule has 4 heteroatoms. The molecule has 0 aromatic carbocycles. The van der Waals surface area contributed by atoms with Gasteiger partial charge in [0.1, 0.15) is 5.82 Å². The Kier molecular flexibility index (Phi) is 2.92. The largest absolute Gasteiger partial charge is 0.271 e. The van der Waals surface area contributed by atoms with E-state index >= 15 is 0 Å². The molecule has 4 bridgehead atoms. The summed E-state index contributed by atoms with van der Waals surface area (Å²) in [6.07, 6.45) is 10.6. The van der Waals surface area contributed by atoms with Crippen LogP contribution in [0, 0.1) is 28.5 Å². The van der Waals surface area contributed by atoms with Crippen LogP contribution in [0.4, 0.5) is 4.39 Å². The molecule has 114 valence electrons.